The maximum Gasteiger partial charge on any atom is 0.363 e. The van der Waals surface area contributed by atoms with E-state index in [1.54, 1.807) is 30.3 Å². The van der Waals surface area contributed by atoms with Gasteiger partial charge in [0.15, 0.2) is 17.2 Å². The molecule has 2 aromatic rings. The molecule has 0 N–H and O–H groups in total. The van der Waals surface area contributed by atoms with Crippen molar-refractivity contribution in [3.8, 4) is 17.2 Å². The first-order valence-corrected chi connectivity index (χ1v) is 8.77. The molecule has 1 aliphatic heterocycles. The van der Waals surface area contributed by atoms with E-state index in [4.69, 9.17) is 18.9 Å². The number of hydrogen-bond donors (Lipinski definition) is 0. The van der Waals surface area contributed by atoms with Gasteiger partial charge in [0.25, 0.3) is 0 Å². The smallest absolute Gasteiger partial charge is 0.363 e. The number of carbonyl (C=O) groups is 2. The quantitative estimate of drug-likeness (QED) is 0.492. The van der Waals surface area contributed by atoms with Gasteiger partial charge >= 0.3 is 5.97 Å². The Bertz CT molecular complexity index is 994. The van der Waals surface area contributed by atoms with Crippen molar-refractivity contribution in [3.63, 3.8) is 0 Å². The molecular formula is C21H18NO7-. The molecule has 0 saturated carbocycles. The molecule has 150 valence electrons. The van der Waals surface area contributed by atoms with E-state index in [9.17, 15) is 14.7 Å². The van der Waals surface area contributed by atoms with E-state index < -0.39 is 18.5 Å². The number of aliphatic carboxylic acids is 1. The monoisotopic (exact) mass is 396 g/mol. The van der Waals surface area contributed by atoms with Crippen molar-refractivity contribution >= 4 is 23.9 Å². The van der Waals surface area contributed by atoms with E-state index in [2.05, 4.69) is 4.99 Å². The third-order valence-corrected chi connectivity index (χ3v) is 3.87. The van der Waals surface area contributed by atoms with Crippen LogP contribution in [-0.4, -0.2) is 38.2 Å². The van der Waals surface area contributed by atoms with Crippen LogP contribution in [0.5, 0.6) is 17.2 Å². The van der Waals surface area contributed by atoms with Crippen molar-refractivity contribution in [2.75, 3.05) is 20.3 Å². The van der Waals surface area contributed by atoms with Gasteiger partial charge in [0, 0.05) is 0 Å². The van der Waals surface area contributed by atoms with Crippen LogP contribution in [0, 0.1) is 0 Å². The molecular weight excluding hydrogens is 378 g/mol. The minimum atomic E-state index is -1.35. The first-order chi connectivity index (χ1) is 14.0. The molecule has 0 saturated heterocycles. The summed E-state index contributed by atoms with van der Waals surface area (Å²) in [5.41, 5.74) is 1.28. The Morgan fingerprint density at radius 1 is 1.14 bits per heavy atom. The van der Waals surface area contributed by atoms with Crippen LogP contribution >= 0.6 is 0 Å². The fraction of sp³-hybridized carbons (Fsp3) is 0.190. The third-order valence-electron chi connectivity index (χ3n) is 3.87. The molecule has 8 nitrogen and oxygen atoms in total. The highest BCUT2D eigenvalue weighted by Gasteiger charge is 2.26. The maximum absolute atomic E-state index is 12.3. The lowest BCUT2D eigenvalue weighted by Gasteiger charge is -2.11. The van der Waals surface area contributed by atoms with E-state index in [1.807, 2.05) is 13.0 Å². The van der Waals surface area contributed by atoms with Gasteiger partial charge in [-0.05, 0) is 42.8 Å². The molecule has 0 aromatic heterocycles. The second-order valence-electron chi connectivity index (χ2n) is 5.84. The highest BCUT2D eigenvalue weighted by molar-refractivity contribution is 6.13. The SMILES string of the molecule is CCOc1ccccc1C1=N/C(=C\c2ccc(OCC(=O)[O-])c(OC)c2)C(=O)O1. The van der Waals surface area contributed by atoms with E-state index in [0.29, 0.717) is 29.2 Å². The number of para-hydroxylation sites is 1. The summed E-state index contributed by atoms with van der Waals surface area (Å²) in [6.45, 7) is 1.72. The lowest BCUT2D eigenvalue weighted by Crippen LogP contribution is -2.29. The van der Waals surface area contributed by atoms with Crippen LogP contribution < -0.4 is 19.3 Å². The number of methoxy groups -OCH3 is 1. The summed E-state index contributed by atoms with van der Waals surface area (Å²) in [5.74, 6) is -0.672. The number of ether oxygens (including phenoxy) is 4. The molecule has 29 heavy (non-hydrogen) atoms. The fourth-order valence-electron chi connectivity index (χ4n) is 2.64. The molecule has 0 bridgehead atoms. The number of aliphatic imine (C=N–C) groups is 1. The van der Waals surface area contributed by atoms with Crippen LogP contribution in [0.2, 0.25) is 0 Å². The third kappa shape index (κ3) is 4.73. The lowest BCUT2D eigenvalue weighted by molar-refractivity contribution is -0.307. The predicted octanol–water partition coefficient (Wildman–Crippen LogP) is 1.57. The number of rotatable bonds is 8. The van der Waals surface area contributed by atoms with Gasteiger partial charge in [-0.3, -0.25) is 0 Å². The molecule has 0 unspecified atom stereocenters. The van der Waals surface area contributed by atoms with Crippen molar-refractivity contribution in [1.29, 1.82) is 0 Å². The van der Waals surface area contributed by atoms with Crippen LogP contribution in [0.3, 0.4) is 0 Å². The summed E-state index contributed by atoms with van der Waals surface area (Å²) in [5, 5.41) is 10.6. The summed E-state index contributed by atoms with van der Waals surface area (Å²) < 4.78 is 21.2. The van der Waals surface area contributed by atoms with Crippen molar-refractivity contribution in [1.82, 2.24) is 0 Å². The van der Waals surface area contributed by atoms with Crippen molar-refractivity contribution in [2.24, 2.45) is 4.99 Å². The highest BCUT2D eigenvalue weighted by Crippen LogP contribution is 2.30. The Morgan fingerprint density at radius 2 is 1.93 bits per heavy atom. The van der Waals surface area contributed by atoms with Crippen LogP contribution in [0.25, 0.3) is 6.08 Å². The Kier molecular flexibility index (Phi) is 6.13. The average Bonchev–Trinajstić information content (AvgIpc) is 3.07. The minimum Gasteiger partial charge on any atom is -0.546 e. The molecule has 0 amide bonds. The number of carbonyl (C=O) groups excluding carboxylic acids is 2. The molecule has 0 radical (unpaired) electrons. The molecule has 0 spiro atoms. The zero-order valence-electron chi connectivity index (χ0n) is 15.8. The fourth-order valence-corrected chi connectivity index (χ4v) is 2.64. The number of esters is 1. The number of cyclic esters (lactones) is 1. The predicted molar refractivity (Wildman–Crippen MR) is 102 cm³/mol. The molecule has 8 heteroatoms. The van der Waals surface area contributed by atoms with Crippen molar-refractivity contribution in [3.05, 3.63) is 59.3 Å². The van der Waals surface area contributed by atoms with Crippen LogP contribution in [0.4, 0.5) is 0 Å². The number of nitrogens with zero attached hydrogens (tertiary/aromatic N) is 1. The average molecular weight is 396 g/mol. The first kappa shape index (κ1) is 19.9. The summed E-state index contributed by atoms with van der Waals surface area (Å²) in [7, 11) is 1.42. The number of carboxylic acid groups (broad SMARTS) is 1. The molecule has 1 aliphatic rings. The second kappa shape index (κ2) is 8.92. The Labute approximate surface area is 167 Å². The highest BCUT2D eigenvalue weighted by atomic mass is 16.6. The van der Waals surface area contributed by atoms with Crippen LogP contribution in [-0.2, 0) is 14.3 Å². The van der Waals surface area contributed by atoms with Crippen molar-refractivity contribution in [2.45, 2.75) is 6.92 Å². The number of carboxylic acids is 1. The standard InChI is InChI=1S/C21H19NO7/c1-3-27-16-7-5-4-6-14(16)20-22-15(21(25)29-20)10-13-8-9-17(18(11-13)26-2)28-12-19(23)24/h4-11H,3,12H2,1-2H3,(H,23,24)/p-1/b15-10-. The normalized spacial score (nSPS) is 14.3. The van der Waals surface area contributed by atoms with E-state index in [0.717, 1.165) is 0 Å². The Morgan fingerprint density at radius 3 is 2.66 bits per heavy atom. The van der Waals surface area contributed by atoms with Gasteiger partial charge in [-0.25, -0.2) is 9.79 Å². The maximum atomic E-state index is 12.3. The zero-order chi connectivity index (χ0) is 20.8. The summed E-state index contributed by atoms with van der Waals surface area (Å²) in [6.07, 6.45) is 1.53. The minimum absolute atomic E-state index is 0.108. The van der Waals surface area contributed by atoms with Gasteiger partial charge in [-0.15, -0.1) is 0 Å². The van der Waals surface area contributed by atoms with Gasteiger partial charge < -0.3 is 28.8 Å². The zero-order valence-corrected chi connectivity index (χ0v) is 15.8. The first-order valence-electron chi connectivity index (χ1n) is 8.77. The van der Waals surface area contributed by atoms with Gasteiger partial charge in [0.2, 0.25) is 5.90 Å². The lowest BCUT2D eigenvalue weighted by atomic mass is 10.1. The van der Waals surface area contributed by atoms with Gasteiger partial charge in [0.1, 0.15) is 12.4 Å². The van der Waals surface area contributed by atoms with Gasteiger partial charge in [-0.2, -0.15) is 0 Å². The Hall–Kier alpha value is -3.81. The number of hydrogen-bond acceptors (Lipinski definition) is 8. The molecule has 0 fully saturated rings. The van der Waals surface area contributed by atoms with Gasteiger partial charge in [-0.1, -0.05) is 18.2 Å². The molecule has 0 aliphatic carbocycles. The van der Waals surface area contributed by atoms with Gasteiger partial charge in [0.05, 0.1) is 25.2 Å². The largest absolute Gasteiger partial charge is 0.546 e. The van der Waals surface area contributed by atoms with E-state index >= 15 is 0 Å². The second-order valence-corrected chi connectivity index (χ2v) is 5.84. The molecule has 2 aromatic carbocycles. The summed E-state index contributed by atoms with van der Waals surface area (Å²) in [4.78, 5) is 27.1. The molecule has 1 heterocycles. The molecule has 3 rings (SSSR count). The molecule has 0 atom stereocenters. The Balaban J connectivity index is 1.88. The van der Waals surface area contributed by atoms with Crippen molar-refractivity contribution < 1.29 is 33.6 Å². The van der Waals surface area contributed by atoms with E-state index in [-0.39, 0.29) is 17.3 Å². The van der Waals surface area contributed by atoms with Crippen LogP contribution in [0.15, 0.2) is 53.2 Å². The summed E-state index contributed by atoms with van der Waals surface area (Å²) >= 11 is 0. The van der Waals surface area contributed by atoms with E-state index in [1.165, 1.54) is 19.3 Å². The van der Waals surface area contributed by atoms with Crippen LogP contribution in [0.1, 0.15) is 18.1 Å². The summed E-state index contributed by atoms with van der Waals surface area (Å²) in [6, 6.07) is 11.9. The number of benzene rings is 2. The topological polar surface area (TPSA) is 106 Å².